The van der Waals surface area contributed by atoms with Crippen molar-refractivity contribution in [2.45, 2.75) is 57.0 Å². The summed E-state index contributed by atoms with van der Waals surface area (Å²) >= 11 is 0. The molecule has 1 heterocycles. The number of rotatable bonds is 3. The van der Waals surface area contributed by atoms with Gasteiger partial charge in [0.1, 0.15) is 0 Å². The summed E-state index contributed by atoms with van der Waals surface area (Å²) in [5.41, 5.74) is 0. The van der Waals surface area contributed by atoms with Gasteiger partial charge < -0.3 is 5.32 Å². The summed E-state index contributed by atoms with van der Waals surface area (Å²) in [4.78, 5) is 0. The third-order valence-corrected chi connectivity index (χ3v) is 6.48. The van der Waals surface area contributed by atoms with Gasteiger partial charge in [0.15, 0.2) is 9.84 Å². The van der Waals surface area contributed by atoms with Crippen LogP contribution < -0.4 is 5.32 Å². The zero-order chi connectivity index (χ0) is 11.9. The number of hydrogen-bond acceptors (Lipinski definition) is 3. The SMILES string of the molecule is O=S1(=O)CCC(NC2CCCC(C3CC3)C2)C1. The molecular formula is C13H23NO2S. The van der Waals surface area contributed by atoms with Crippen molar-refractivity contribution in [3.05, 3.63) is 0 Å². The van der Waals surface area contributed by atoms with Gasteiger partial charge in [-0.3, -0.25) is 0 Å². The van der Waals surface area contributed by atoms with Crippen LogP contribution in [0.5, 0.6) is 0 Å². The Bertz CT molecular complexity index is 375. The van der Waals surface area contributed by atoms with E-state index in [-0.39, 0.29) is 6.04 Å². The standard InChI is InChI=1S/C13H23NO2S/c15-17(16)7-6-13(9-17)14-12-3-1-2-11(8-12)10-4-5-10/h10-14H,1-9H2. The molecule has 0 amide bonds. The molecule has 3 aliphatic rings. The second-order valence-corrected chi connectivity index (χ2v) is 8.46. The minimum absolute atomic E-state index is 0.239. The van der Waals surface area contributed by atoms with Gasteiger partial charge in [-0.2, -0.15) is 0 Å². The van der Waals surface area contributed by atoms with Crippen LogP contribution in [-0.2, 0) is 9.84 Å². The molecule has 0 aromatic heterocycles. The topological polar surface area (TPSA) is 46.2 Å². The first-order valence-electron chi connectivity index (χ1n) is 7.09. The Morgan fingerprint density at radius 3 is 2.35 bits per heavy atom. The van der Waals surface area contributed by atoms with Crippen LogP contribution >= 0.6 is 0 Å². The Morgan fingerprint density at radius 1 is 0.882 bits per heavy atom. The van der Waals surface area contributed by atoms with Crippen LogP contribution in [0.4, 0.5) is 0 Å². The van der Waals surface area contributed by atoms with Crippen molar-refractivity contribution in [3.8, 4) is 0 Å². The lowest BCUT2D eigenvalue weighted by atomic mass is 9.82. The average molecular weight is 257 g/mol. The minimum Gasteiger partial charge on any atom is -0.310 e. The predicted molar refractivity (Wildman–Crippen MR) is 68.7 cm³/mol. The van der Waals surface area contributed by atoms with E-state index in [1.807, 2.05) is 0 Å². The van der Waals surface area contributed by atoms with E-state index >= 15 is 0 Å². The van der Waals surface area contributed by atoms with Gasteiger partial charge in [0.2, 0.25) is 0 Å². The molecule has 3 nitrogen and oxygen atoms in total. The molecule has 17 heavy (non-hydrogen) atoms. The van der Waals surface area contributed by atoms with E-state index < -0.39 is 9.84 Å². The third kappa shape index (κ3) is 3.02. The monoisotopic (exact) mass is 257 g/mol. The van der Waals surface area contributed by atoms with E-state index in [2.05, 4.69) is 5.32 Å². The molecule has 2 aliphatic carbocycles. The molecule has 2 saturated carbocycles. The zero-order valence-corrected chi connectivity index (χ0v) is 11.2. The summed E-state index contributed by atoms with van der Waals surface area (Å²) in [5.74, 6) is 2.70. The van der Waals surface area contributed by atoms with Crippen LogP contribution in [-0.4, -0.2) is 32.0 Å². The fourth-order valence-corrected chi connectivity index (χ4v) is 5.32. The van der Waals surface area contributed by atoms with E-state index in [1.54, 1.807) is 0 Å². The van der Waals surface area contributed by atoms with Gasteiger partial charge >= 0.3 is 0 Å². The molecule has 98 valence electrons. The highest BCUT2D eigenvalue weighted by atomic mass is 32.2. The van der Waals surface area contributed by atoms with Crippen LogP contribution in [0.2, 0.25) is 0 Å². The van der Waals surface area contributed by atoms with Crippen LogP contribution in [0.15, 0.2) is 0 Å². The summed E-state index contributed by atoms with van der Waals surface area (Å²) in [6.07, 6.45) is 8.99. The second kappa shape index (κ2) is 4.54. The molecule has 3 rings (SSSR count). The summed E-state index contributed by atoms with van der Waals surface area (Å²) in [7, 11) is -2.73. The lowest BCUT2D eigenvalue weighted by Gasteiger charge is -2.31. The van der Waals surface area contributed by atoms with Crippen LogP contribution in [0.3, 0.4) is 0 Å². The van der Waals surface area contributed by atoms with Gasteiger partial charge in [-0.1, -0.05) is 12.8 Å². The fraction of sp³-hybridized carbons (Fsp3) is 1.00. The Hall–Kier alpha value is -0.0900. The smallest absolute Gasteiger partial charge is 0.151 e. The maximum absolute atomic E-state index is 11.4. The Labute approximate surface area is 104 Å². The molecule has 3 unspecified atom stereocenters. The lowest BCUT2D eigenvalue weighted by Crippen LogP contribution is -2.42. The van der Waals surface area contributed by atoms with Crippen LogP contribution in [0, 0.1) is 11.8 Å². The summed E-state index contributed by atoms with van der Waals surface area (Å²) in [6.45, 7) is 0. The Balaban J connectivity index is 1.51. The van der Waals surface area contributed by atoms with Crippen molar-refractivity contribution in [3.63, 3.8) is 0 Å². The molecule has 0 aromatic rings. The van der Waals surface area contributed by atoms with Gasteiger partial charge in [0, 0.05) is 12.1 Å². The van der Waals surface area contributed by atoms with E-state index in [0.29, 0.717) is 17.5 Å². The highest BCUT2D eigenvalue weighted by Gasteiger charge is 2.36. The van der Waals surface area contributed by atoms with E-state index in [1.165, 1.54) is 38.5 Å². The molecule has 0 radical (unpaired) electrons. The minimum atomic E-state index is -2.73. The van der Waals surface area contributed by atoms with Crippen molar-refractivity contribution >= 4 is 9.84 Å². The summed E-state index contributed by atoms with van der Waals surface area (Å²) < 4.78 is 22.9. The van der Waals surface area contributed by atoms with E-state index in [0.717, 1.165) is 18.3 Å². The van der Waals surface area contributed by atoms with E-state index in [4.69, 9.17) is 0 Å². The van der Waals surface area contributed by atoms with Gasteiger partial charge in [0.25, 0.3) is 0 Å². The Morgan fingerprint density at radius 2 is 1.71 bits per heavy atom. The van der Waals surface area contributed by atoms with E-state index in [9.17, 15) is 8.42 Å². The fourth-order valence-electron chi connectivity index (χ4n) is 3.63. The van der Waals surface area contributed by atoms with Crippen LogP contribution in [0.25, 0.3) is 0 Å². The summed E-state index contributed by atoms with van der Waals surface area (Å²) in [5, 5.41) is 3.61. The van der Waals surface area contributed by atoms with Crippen molar-refractivity contribution in [1.29, 1.82) is 0 Å². The molecular weight excluding hydrogens is 234 g/mol. The highest BCUT2D eigenvalue weighted by molar-refractivity contribution is 7.91. The lowest BCUT2D eigenvalue weighted by molar-refractivity contribution is 0.250. The normalized spacial score (nSPS) is 41.5. The molecule has 1 saturated heterocycles. The first kappa shape index (κ1) is 12.0. The first-order chi connectivity index (χ1) is 8.12. The van der Waals surface area contributed by atoms with Crippen molar-refractivity contribution in [2.24, 2.45) is 11.8 Å². The summed E-state index contributed by atoms with van der Waals surface area (Å²) in [6, 6.07) is 0.829. The van der Waals surface area contributed by atoms with Gasteiger partial charge in [-0.15, -0.1) is 0 Å². The predicted octanol–water partition coefficient (Wildman–Crippen LogP) is 1.73. The maximum Gasteiger partial charge on any atom is 0.151 e. The van der Waals surface area contributed by atoms with Crippen molar-refractivity contribution in [2.75, 3.05) is 11.5 Å². The maximum atomic E-state index is 11.4. The Kier molecular flexibility index (Phi) is 3.20. The van der Waals surface area contributed by atoms with Crippen LogP contribution in [0.1, 0.15) is 44.9 Å². The van der Waals surface area contributed by atoms with Crippen molar-refractivity contribution in [1.82, 2.24) is 5.32 Å². The second-order valence-electron chi connectivity index (χ2n) is 6.23. The molecule has 0 spiro atoms. The third-order valence-electron chi connectivity index (χ3n) is 4.71. The highest BCUT2D eigenvalue weighted by Crippen LogP contribution is 2.44. The molecule has 1 N–H and O–H groups in total. The molecule has 3 atom stereocenters. The molecule has 0 bridgehead atoms. The van der Waals surface area contributed by atoms with Gasteiger partial charge in [-0.05, 0) is 43.9 Å². The number of sulfone groups is 1. The van der Waals surface area contributed by atoms with Crippen molar-refractivity contribution < 1.29 is 8.42 Å². The zero-order valence-electron chi connectivity index (χ0n) is 10.4. The van der Waals surface area contributed by atoms with Gasteiger partial charge in [0.05, 0.1) is 11.5 Å². The van der Waals surface area contributed by atoms with Gasteiger partial charge in [-0.25, -0.2) is 8.42 Å². The molecule has 0 aromatic carbocycles. The quantitative estimate of drug-likeness (QED) is 0.837. The molecule has 1 aliphatic heterocycles. The molecule has 3 fully saturated rings. The first-order valence-corrected chi connectivity index (χ1v) is 8.91. The largest absolute Gasteiger partial charge is 0.310 e. The molecule has 4 heteroatoms. The average Bonchev–Trinajstić information content (AvgIpc) is 3.06. The number of nitrogens with one attached hydrogen (secondary N) is 1. The number of hydrogen-bond donors (Lipinski definition) is 1.